The second-order valence-electron chi connectivity index (χ2n) is 6.94. The number of hydrogen-bond acceptors (Lipinski definition) is 3. The molecular formula is C23H24N2O3. The fourth-order valence-electron chi connectivity index (χ4n) is 3.52. The van der Waals surface area contributed by atoms with Gasteiger partial charge in [0.15, 0.2) is 11.5 Å². The minimum Gasteiger partial charge on any atom is -0.493 e. The van der Waals surface area contributed by atoms with Crippen molar-refractivity contribution in [1.29, 1.82) is 0 Å². The second kappa shape index (κ2) is 8.21. The van der Waals surface area contributed by atoms with E-state index >= 15 is 0 Å². The van der Waals surface area contributed by atoms with Gasteiger partial charge in [-0.2, -0.15) is 0 Å². The number of imidazole rings is 1. The van der Waals surface area contributed by atoms with E-state index in [-0.39, 0.29) is 11.8 Å². The minimum absolute atomic E-state index is 0.135. The van der Waals surface area contributed by atoms with E-state index < -0.39 is 0 Å². The summed E-state index contributed by atoms with van der Waals surface area (Å²) >= 11 is 0. The third-order valence-electron chi connectivity index (χ3n) is 5.05. The van der Waals surface area contributed by atoms with Crippen LogP contribution in [0, 0.1) is 0 Å². The van der Waals surface area contributed by atoms with Crippen molar-refractivity contribution >= 4 is 12.3 Å². The van der Waals surface area contributed by atoms with E-state index in [0.717, 1.165) is 24.1 Å². The number of methoxy groups -OCH3 is 1. The van der Waals surface area contributed by atoms with E-state index in [1.807, 2.05) is 54.6 Å². The molecule has 1 aliphatic carbocycles. The quantitative estimate of drug-likeness (QED) is 0.632. The Labute approximate surface area is 164 Å². The van der Waals surface area contributed by atoms with Gasteiger partial charge in [0, 0.05) is 24.7 Å². The lowest BCUT2D eigenvalue weighted by Gasteiger charge is -2.16. The van der Waals surface area contributed by atoms with Crippen LogP contribution in [0.2, 0.25) is 0 Å². The molecule has 0 bridgehead atoms. The molecule has 5 heteroatoms. The van der Waals surface area contributed by atoms with Gasteiger partial charge in [-0.15, -0.1) is 0 Å². The van der Waals surface area contributed by atoms with Crippen molar-refractivity contribution in [1.82, 2.24) is 9.13 Å². The van der Waals surface area contributed by atoms with Crippen molar-refractivity contribution in [3.8, 4) is 17.2 Å². The molecule has 0 radical (unpaired) electrons. The SMILES string of the molecule is COc1ccc(-n2ccn(/C=C/c3ccccc3)c2=O)cc1OC1CCCC1. The monoisotopic (exact) mass is 376 g/mol. The average Bonchev–Trinajstić information content (AvgIpc) is 3.37. The van der Waals surface area contributed by atoms with Crippen LogP contribution in [0.5, 0.6) is 11.5 Å². The molecule has 0 amide bonds. The van der Waals surface area contributed by atoms with Crippen LogP contribution in [0.3, 0.4) is 0 Å². The zero-order chi connectivity index (χ0) is 19.3. The van der Waals surface area contributed by atoms with E-state index in [1.165, 1.54) is 12.8 Å². The highest BCUT2D eigenvalue weighted by molar-refractivity contribution is 5.60. The third-order valence-corrected chi connectivity index (χ3v) is 5.05. The Hall–Kier alpha value is -3.21. The van der Waals surface area contributed by atoms with E-state index in [9.17, 15) is 4.79 Å². The average molecular weight is 376 g/mol. The molecule has 0 atom stereocenters. The van der Waals surface area contributed by atoms with Crippen molar-refractivity contribution in [2.45, 2.75) is 31.8 Å². The first-order chi connectivity index (χ1) is 13.7. The number of nitrogens with zero attached hydrogens (tertiary/aromatic N) is 2. The van der Waals surface area contributed by atoms with Crippen molar-refractivity contribution in [3.05, 3.63) is 77.0 Å². The van der Waals surface area contributed by atoms with Crippen molar-refractivity contribution in [2.24, 2.45) is 0 Å². The van der Waals surface area contributed by atoms with Crippen LogP contribution in [0.25, 0.3) is 18.0 Å². The molecule has 1 aromatic heterocycles. The molecule has 28 heavy (non-hydrogen) atoms. The van der Waals surface area contributed by atoms with Gasteiger partial charge in [0.05, 0.1) is 18.9 Å². The fraction of sp³-hybridized carbons (Fsp3) is 0.261. The zero-order valence-corrected chi connectivity index (χ0v) is 16.0. The van der Waals surface area contributed by atoms with Gasteiger partial charge in [-0.25, -0.2) is 4.79 Å². The third kappa shape index (κ3) is 3.88. The standard InChI is InChI=1S/C23H24N2O3/c1-27-21-12-11-19(17-22(21)28-20-9-5-6-10-20)25-16-15-24(23(25)26)14-13-18-7-3-2-4-8-18/h2-4,7-8,11-17,20H,5-6,9-10H2,1H3/b14-13+. The van der Waals surface area contributed by atoms with Crippen LogP contribution in [0.1, 0.15) is 31.2 Å². The van der Waals surface area contributed by atoms with Gasteiger partial charge in [0.25, 0.3) is 0 Å². The van der Waals surface area contributed by atoms with Crippen LogP contribution >= 0.6 is 0 Å². The van der Waals surface area contributed by atoms with E-state index in [1.54, 1.807) is 34.8 Å². The summed E-state index contributed by atoms with van der Waals surface area (Å²) in [6.45, 7) is 0. The summed E-state index contributed by atoms with van der Waals surface area (Å²) in [7, 11) is 1.63. The Kier molecular flexibility index (Phi) is 5.33. The van der Waals surface area contributed by atoms with E-state index in [4.69, 9.17) is 9.47 Å². The molecule has 1 saturated carbocycles. The molecule has 5 nitrogen and oxygen atoms in total. The fourth-order valence-corrected chi connectivity index (χ4v) is 3.52. The first kappa shape index (κ1) is 18.2. The van der Waals surface area contributed by atoms with Gasteiger partial charge in [0.1, 0.15) is 0 Å². The minimum atomic E-state index is -0.135. The Balaban J connectivity index is 1.61. The van der Waals surface area contributed by atoms with Crippen molar-refractivity contribution < 1.29 is 9.47 Å². The second-order valence-corrected chi connectivity index (χ2v) is 6.94. The summed E-state index contributed by atoms with van der Waals surface area (Å²) in [5.41, 5.74) is 1.66. The van der Waals surface area contributed by atoms with Gasteiger partial charge in [-0.3, -0.25) is 9.13 Å². The maximum Gasteiger partial charge on any atom is 0.336 e. The first-order valence-electron chi connectivity index (χ1n) is 9.62. The van der Waals surface area contributed by atoms with Gasteiger partial charge in [-0.1, -0.05) is 30.3 Å². The van der Waals surface area contributed by atoms with Gasteiger partial charge >= 0.3 is 5.69 Å². The van der Waals surface area contributed by atoms with Crippen LogP contribution in [-0.4, -0.2) is 22.3 Å². The number of ether oxygens (including phenoxy) is 2. The highest BCUT2D eigenvalue weighted by Crippen LogP contribution is 2.33. The predicted molar refractivity (Wildman–Crippen MR) is 111 cm³/mol. The lowest BCUT2D eigenvalue weighted by atomic mass is 10.2. The van der Waals surface area contributed by atoms with Gasteiger partial charge in [-0.05, 0) is 49.5 Å². The highest BCUT2D eigenvalue weighted by atomic mass is 16.5. The maximum atomic E-state index is 12.8. The predicted octanol–water partition coefficient (Wildman–Crippen LogP) is 4.60. The van der Waals surface area contributed by atoms with E-state index in [2.05, 4.69) is 0 Å². The molecule has 1 heterocycles. The normalized spacial score (nSPS) is 14.6. The highest BCUT2D eigenvalue weighted by Gasteiger charge is 2.19. The molecule has 2 aromatic carbocycles. The molecule has 0 unspecified atom stereocenters. The van der Waals surface area contributed by atoms with Gasteiger partial charge in [0.2, 0.25) is 0 Å². The first-order valence-corrected chi connectivity index (χ1v) is 9.62. The summed E-state index contributed by atoms with van der Waals surface area (Å²) < 4.78 is 14.8. The molecule has 0 saturated heterocycles. The summed E-state index contributed by atoms with van der Waals surface area (Å²) in [6.07, 6.45) is 11.9. The topological polar surface area (TPSA) is 45.4 Å². The molecule has 144 valence electrons. The lowest BCUT2D eigenvalue weighted by molar-refractivity contribution is 0.201. The summed E-state index contributed by atoms with van der Waals surface area (Å²) in [5, 5.41) is 0. The van der Waals surface area contributed by atoms with Crippen LogP contribution in [-0.2, 0) is 0 Å². The molecule has 0 N–H and O–H groups in total. The summed E-state index contributed by atoms with van der Waals surface area (Å²) in [6, 6.07) is 15.5. The summed E-state index contributed by atoms with van der Waals surface area (Å²) in [4.78, 5) is 12.8. The molecule has 1 fully saturated rings. The van der Waals surface area contributed by atoms with Crippen LogP contribution in [0.15, 0.2) is 65.7 Å². The van der Waals surface area contributed by atoms with Gasteiger partial charge < -0.3 is 9.47 Å². The van der Waals surface area contributed by atoms with Crippen LogP contribution < -0.4 is 15.2 Å². The Morgan fingerprint density at radius 3 is 2.54 bits per heavy atom. The van der Waals surface area contributed by atoms with Crippen LogP contribution in [0.4, 0.5) is 0 Å². The summed E-state index contributed by atoms with van der Waals surface area (Å²) in [5.74, 6) is 1.37. The molecule has 1 aliphatic rings. The zero-order valence-electron chi connectivity index (χ0n) is 16.0. The largest absolute Gasteiger partial charge is 0.493 e. The molecule has 3 aromatic rings. The number of hydrogen-bond donors (Lipinski definition) is 0. The Morgan fingerprint density at radius 2 is 1.79 bits per heavy atom. The molecule has 0 aliphatic heterocycles. The Morgan fingerprint density at radius 1 is 1.00 bits per heavy atom. The molecule has 0 spiro atoms. The number of benzene rings is 2. The maximum absolute atomic E-state index is 12.8. The number of rotatable bonds is 6. The molecular weight excluding hydrogens is 352 g/mol. The Bertz CT molecular complexity index is 1010. The van der Waals surface area contributed by atoms with Crippen molar-refractivity contribution in [3.63, 3.8) is 0 Å². The smallest absolute Gasteiger partial charge is 0.336 e. The number of aromatic nitrogens is 2. The lowest BCUT2D eigenvalue weighted by Crippen LogP contribution is -2.20. The van der Waals surface area contributed by atoms with E-state index in [0.29, 0.717) is 11.5 Å². The van der Waals surface area contributed by atoms with Crippen molar-refractivity contribution in [2.75, 3.05) is 7.11 Å². The molecule has 4 rings (SSSR count).